The summed E-state index contributed by atoms with van der Waals surface area (Å²) in [6, 6.07) is 0. The molecule has 0 rings (SSSR count). The topological polar surface area (TPSA) is 0 Å². The van der Waals surface area contributed by atoms with Gasteiger partial charge in [0, 0.05) is 0 Å². The third kappa shape index (κ3) is 9.28. The van der Waals surface area contributed by atoms with Crippen molar-refractivity contribution in [2.24, 2.45) is 0 Å². The minimum absolute atomic E-state index is 0. The molecule has 0 bridgehead atoms. The second-order valence-corrected chi connectivity index (χ2v) is 0. The minimum atomic E-state index is 0. The predicted octanol–water partition coefficient (Wildman–Crippen LogP) is -0.00980. The SMILES string of the molecule is [Cu+2].[Cu+2].[S-2].[S-2]. The Morgan fingerprint density at radius 3 is 0.500 bits per heavy atom. The summed E-state index contributed by atoms with van der Waals surface area (Å²) in [7, 11) is 0. The Morgan fingerprint density at radius 2 is 0.500 bits per heavy atom. The van der Waals surface area contributed by atoms with E-state index in [1.54, 1.807) is 0 Å². The summed E-state index contributed by atoms with van der Waals surface area (Å²) in [5.74, 6) is 0. The normalized spacial score (nSPS) is 0. The van der Waals surface area contributed by atoms with Crippen molar-refractivity contribution in [2.75, 3.05) is 0 Å². The smallest absolute Gasteiger partial charge is 2.00 e. The molecular weight excluding hydrogens is 191 g/mol. The average Bonchev–Trinajstić information content (AvgIpc) is 0. The van der Waals surface area contributed by atoms with Gasteiger partial charge in [0.25, 0.3) is 0 Å². The summed E-state index contributed by atoms with van der Waals surface area (Å²) in [6.45, 7) is 0. The first kappa shape index (κ1) is 42.6. The fourth-order valence-electron chi connectivity index (χ4n) is 0. The van der Waals surface area contributed by atoms with Crippen molar-refractivity contribution in [1.29, 1.82) is 0 Å². The van der Waals surface area contributed by atoms with Crippen LogP contribution in [-0.4, -0.2) is 0 Å². The maximum Gasteiger partial charge on any atom is 2.00 e. The van der Waals surface area contributed by atoms with E-state index in [0.29, 0.717) is 0 Å². The molecule has 0 saturated carbocycles. The van der Waals surface area contributed by atoms with Crippen LogP contribution in [0, 0.1) is 0 Å². The second kappa shape index (κ2) is 21.9. The largest absolute Gasteiger partial charge is 2.00 e. The van der Waals surface area contributed by atoms with Gasteiger partial charge in [-0.25, -0.2) is 0 Å². The molecule has 0 saturated heterocycles. The molecule has 4 heteroatoms. The van der Waals surface area contributed by atoms with Crippen LogP contribution in [0.2, 0.25) is 0 Å². The maximum atomic E-state index is 0. The molecule has 0 amide bonds. The van der Waals surface area contributed by atoms with Crippen molar-refractivity contribution in [2.45, 2.75) is 0 Å². The molecule has 0 unspecified atom stereocenters. The van der Waals surface area contributed by atoms with E-state index in [2.05, 4.69) is 0 Å². The van der Waals surface area contributed by atoms with Gasteiger partial charge in [0.2, 0.25) is 0 Å². The van der Waals surface area contributed by atoms with Gasteiger partial charge < -0.3 is 27.0 Å². The first-order valence-corrected chi connectivity index (χ1v) is 0. The Morgan fingerprint density at radius 1 is 0.500 bits per heavy atom. The van der Waals surface area contributed by atoms with Crippen LogP contribution < -0.4 is 0 Å². The zero-order valence-electron chi connectivity index (χ0n) is 1.42. The van der Waals surface area contributed by atoms with Crippen LogP contribution in [-0.2, 0) is 61.1 Å². The quantitative estimate of drug-likeness (QED) is 0.472. The standard InChI is InChI=1S/2Cu.2S/q2*+2;2*-2. The van der Waals surface area contributed by atoms with Gasteiger partial charge in [-0.1, -0.05) is 0 Å². The molecule has 0 atom stereocenters. The molecule has 0 N–H and O–H groups in total. The Kier molecular flexibility index (Phi) is 233. The number of hydrogen-bond acceptors (Lipinski definition) is 0. The zero-order chi connectivity index (χ0) is 0. The second-order valence-electron chi connectivity index (χ2n) is 0. The zero-order valence-corrected chi connectivity index (χ0v) is 4.94. The molecule has 0 aromatic rings. The van der Waals surface area contributed by atoms with Crippen molar-refractivity contribution in [3.05, 3.63) is 0 Å². The van der Waals surface area contributed by atoms with Crippen LogP contribution in [0.5, 0.6) is 0 Å². The number of rotatable bonds is 0. The molecule has 0 aromatic carbocycles. The van der Waals surface area contributed by atoms with Gasteiger partial charge in [-0.15, -0.1) is 0 Å². The van der Waals surface area contributed by atoms with Crippen molar-refractivity contribution < 1.29 is 34.1 Å². The molecule has 0 spiro atoms. The van der Waals surface area contributed by atoms with Crippen LogP contribution >= 0.6 is 0 Å². The van der Waals surface area contributed by atoms with Gasteiger partial charge in [-0.05, 0) is 0 Å². The third-order valence-corrected chi connectivity index (χ3v) is 0. The molecule has 34 valence electrons. The molecule has 0 aliphatic carbocycles. The van der Waals surface area contributed by atoms with Crippen LogP contribution in [0.15, 0.2) is 0 Å². The van der Waals surface area contributed by atoms with E-state index in [0.717, 1.165) is 0 Å². The van der Waals surface area contributed by atoms with Crippen LogP contribution in [0.25, 0.3) is 0 Å². The van der Waals surface area contributed by atoms with Gasteiger partial charge in [-0.3, -0.25) is 0 Å². The van der Waals surface area contributed by atoms with Crippen LogP contribution in [0.4, 0.5) is 0 Å². The van der Waals surface area contributed by atoms with Crippen molar-refractivity contribution >= 4 is 27.0 Å². The van der Waals surface area contributed by atoms with Crippen molar-refractivity contribution in [3.8, 4) is 0 Å². The van der Waals surface area contributed by atoms with E-state index in [1.807, 2.05) is 0 Å². The molecule has 0 nitrogen and oxygen atoms in total. The van der Waals surface area contributed by atoms with Gasteiger partial charge >= 0.3 is 34.1 Å². The molecule has 0 aromatic heterocycles. The predicted molar refractivity (Wildman–Crippen MR) is 14.7 cm³/mol. The van der Waals surface area contributed by atoms with E-state index in [4.69, 9.17) is 0 Å². The Hall–Kier alpha value is 1.74. The molecular formula is Cu2S2. The Bertz CT molecular complexity index is 4.00. The minimum Gasteiger partial charge on any atom is -2.00 e. The third-order valence-electron chi connectivity index (χ3n) is 0. The molecule has 0 aliphatic heterocycles. The summed E-state index contributed by atoms with van der Waals surface area (Å²) >= 11 is 0. The average molecular weight is 191 g/mol. The maximum absolute atomic E-state index is 0. The molecule has 4 heavy (non-hydrogen) atoms. The van der Waals surface area contributed by atoms with Crippen LogP contribution in [0.1, 0.15) is 0 Å². The summed E-state index contributed by atoms with van der Waals surface area (Å²) < 4.78 is 0. The van der Waals surface area contributed by atoms with E-state index >= 15 is 0 Å². The number of hydrogen-bond donors (Lipinski definition) is 0. The summed E-state index contributed by atoms with van der Waals surface area (Å²) in [5.41, 5.74) is 0. The van der Waals surface area contributed by atoms with Gasteiger partial charge in [0.05, 0.1) is 0 Å². The van der Waals surface area contributed by atoms with Gasteiger partial charge in [0.1, 0.15) is 0 Å². The van der Waals surface area contributed by atoms with Crippen molar-refractivity contribution in [1.82, 2.24) is 0 Å². The van der Waals surface area contributed by atoms with Gasteiger partial charge in [-0.2, -0.15) is 0 Å². The van der Waals surface area contributed by atoms with Crippen molar-refractivity contribution in [3.63, 3.8) is 0 Å². The van der Waals surface area contributed by atoms with E-state index in [-0.39, 0.29) is 61.1 Å². The molecule has 0 fully saturated rings. The Labute approximate surface area is 60.9 Å². The fraction of sp³-hybridized carbons (Fsp3) is 0. The monoisotopic (exact) mass is 190 g/mol. The van der Waals surface area contributed by atoms with Crippen LogP contribution in [0.3, 0.4) is 0 Å². The van der Waals surface area contributed by atoms with Gasteiger partial charge in [0.15, 0.2) is 0 Å². The molecule has 2 radical (unpaired) electrons. The summed E-state index contributed by atoms with van der Waals surface area (Å²) in [5, 5.41) is 0. The molecule has 0 heterocycles. The van der Waals surface area contributed by atoms with E-state index in [1.165, 1.54) is 0 Å². The Balaban J connectivity index is 0. The van der Waals surface area contributed by atoms with E-state index in [9.17, 15) is 0 Å². The van der Waals surface area contributed by atoms with E-state index < -0.39 is 0 Å². The summed E-state index contributed by atoms with van der Waals surface area (Å²) in [6.07, 6.45) is 0. The fourth-order valence-corrected chi connectivity index (χ4v) is 0. The summed E-state index contributed by atoms with van der Waals surface area (Å²) in [4.78, 5) is 0. The first-order valence-electron chi connectivity index (χ1n) is 0. The first-order chi connectivity index (χ1) is 0. The molecule has 0 aliphatic rings.